The minimum Gasteiger partial charge on any atom is -0.480 e. The predicted octanol–water partition coefficient (Wildman–Crippen LogP) is 9.67. The maximum Gasteiger partial charge on any atom is 0.322 e. The van der Waals surface area contributed by atoms with Crippen molar-refractivity contribution in [2.24, 2.45) is 25.9 Å². The fourth-order valence-corrected chi connectivity index (χ4v) is 11.2. The van der Waals surface area contributed by atoms with Gasteiger partial charge < -0.3 is 39.8 Å². The lowest BCUT2D eigenvalue weighted by molar-refractivity contribution is -0.139. The van der Waals surface area contributed by atoms with Gasteiger partial charge >= 0.3 is 11.9 Å². The van der Waals surface area contributed by atoms with Gasteiger partial charge in [0.25, 0.3) is 0 Å². The van der Waals surface area contributed by atoms with Crippen LogP contribution in [0.15, 0.2) is 95.0 Å². The molecule has 4 N–H and O–H groups in total. The second-order valence-electron chi connectivity index (χ2n) is 17.5. The molecule has 71 heavy (non-hydrogen) atoms. The molecule has 0 bridgehead atoms. The molecule has 8 rings (SSSR count). The Morgan fingerprint density at radius 2 is 0.958 bits per heavy atom. The fraction of sp³-hybridized carbons (Fsp3) is 0.269. The summed E-state index contributed by atoms with van der Waals surface area (Å²) >= 11 is 30.1. The van der Waals surface area contributed by atoms with Crippen molar-refractivity contribution in [2.75, 3.05) is 39.3 Å². The van der Waals surface area contributed by atoms with Gasteiger partial charge in [-0.25, -0.2) is 0 Å². The van der Waals surface area contributed by atoms with Gasteiger partial charge in [-0.05, 0) is 109 Å². The maximum atomic E-state index is 13.6. The number of likely N-dealkylation sites (tertiary alicyclic amines) is 2. The van der Waals surface area contributed by atoms with Crippen molar-refractivity contribution in [3.05, 3.63) is 116 Å². The van der Waals surface area contributed by atoms with Crippen LogP contribution in [0.3, 0.4) is 0 Å². The first-order valence-electron chi connectivity index (χ1n) is 22.7. The predicted molar refractivity (Wildman–Crippen MR) is 279 cm³/mol. The number of aryl methyl sites for hydroxylation is 2. The molecule has 19 heteroatoms. The van der Waals surface area contributed by atoms with Crippen molar-refractivity contribution in [1.29, 1.82) is 0 Å². The van der Waals surface area contributed by atoms with E-state index in [4.69, 9.17) is 56.6 Å². The van der Waals surface area contributed by atoms with Crippen LogP contribution in [0.5, 0.6) is 0 Å². The zero-order valence-corrected chi connectivity index (χ0v) is 42.4. The molecule has 368 valence electrons. The van der Waals surface area contributed by atoms with E-state index in [1.54, 1.807) is 22.0 Å². The van der Waals surface area contributed by atoms with E-state index in [0.717, 1.165) is 32.9 Å². The van der Waals surface area contributed by atoms with Gasteiger partial charge in [0.1, 0.15) is 13.1 Å². The normalized spacial score (nSPS) is 14.8. The average molecular weight is 1060 g/mol. The van der Waals surface area contributed by atoms with Crippen LogP contribution in [-0.2, 0) is 42.9 Å². The molecular formula is C52H48Cl4N6O8S. The van der Waals surface area contributed by atoms with E-state index in [1.807, 2.05) is 96.3 Å². The number of rotatable bonds is 14. The Morgan fingerprint density at radius 1 is 0.577 bits per heavy atom. The van der Waals surface area contributed by atoms with E-state index in [9.17, 15) is 28.8 Å². The number of carbonyl (C=O) groups is 6. The molecule has 0 aliphatic carbocycles. The first-order valence-corrected chi connectivity index (χ1v) is 25.1. The lowest BCUT2D eigenvalue weighted by Crippen LogP contribution is -2.43. The highest BCUT2D eigenvalue weighted by Gasteiger charge is 2.29. The number of aromatic nitrogens is 2. The molecule has 4 amide bonds. The van der Waals surface area contributed by atoms with Crippen LogP contribution in [0.1, 0.15) is 36.8 Å². The minimum absolute atomic E-state index is 0.192. The minimum atomic E-state index is -1.13. The molecule has 2 fully saturated rings. The molecule has 6 aromatic rings. The Labute approximate surface area is 433 Å². The summed E-state index contributed by atoms with van der Waals surface area (Å²) in [5, 5.41) is 25.5. The Hall–Kier alpha value is -6.23. The maximum absolute atomic E-state index is 13.6. The SMILES string of the molecule is Cn1ccc2cc(-c3cc(Sc4cc(-c5ccc6c(ccn6C)c5)c(C=CC(=O)N5CCC(C(=O)NCC(=O)O)CC5)c(Cl)c4Cl)c(Cl)c(Cl)c3C=CC(=O)N3CCC(C(=O)NCC(=O)O)CC3)ccc21. The molecule has 2 saturated heterocycles. The van der Waals surface area contributed by atoms with Gasteiger partial charge in [-0.2, -0.15) is 0 Å². The van der Waals surface area contributed by atoms with Crippen LogP contribution in [-0.4, -0.2) is 104 Å². The van der Waals surface area contributed by atoms with E-state index in [0.29, 0.717) is 83.9 Å². The second kappa shape index (κ2) is 22.0. The number of carboxylic acids is 2. The first-order chi connectivity index (χ1) is 34.0. The fourth-order valence-electron chi connectivity index (χ4n) is 9.06. The summed E-state index contributed by atoms with van der Waals surface area (Å²) in [4.78, 5) is 78.6. The Balaban J connectivity index is 1.12. The number of hydrogen-bond acceptors (Lipinski definition) is 7. The molecule has 2 aliphatic rings. The van der Waals surface area contributed by atoms with E-state index >= 15 is 0 Å². The number of nitrogens with zero attached hydrogens (tertiary/aromatic N) is 4. The summed E-state index contributed by atoms with van der Waals surface area (Å²) in [5.74, 6) is -4.33. The molecule has 14 nitrogen and oxygen atoms in total. The van der Waals surface area contributed by atoms with Crippen LogP contribution in [0.4, 0.5) is 0 Å². The summed E-state index contributed by atoms with van der Waals surface area (Å²) in [5.41, 5.74) is 6.02. The molecule has 0 unspecified atom stereocenters. The van der Waals surface area contributed by atoms with E-state index in [-0.39, 0.29) is 43.7 Å². The van der Waals surface area contributed by atoms with Crippen LogP contribution >= 0.6 is 58.2 Å². The average Bonchev–Trinajstić information content (AvgIpc) is 3.94. The van der Waals surface area contributed by atoms with Gasteiger partial charge in [0.2, 0.25) is 23.6 Å². The van der Waals surface area contributed by atoms with Gasteiger partial charge in [-0.3, -0.25) is 28.8 Å². The number of nitrogens with one attached hydrogen (secondary N) is 2. The molecule has 0 saturated carbocycles. The Bertz CT molecular complexity index is 2980. The van der Waals surface area contributed by atoms with Gasteiger partial charge in [0, 0.05) is 119 Å². The van der Waals surface area contributed by atoms with E-state index in [1.165, 1.54) is 23.9 Å². The number of aliphatic carboxylic acids is 2. The Kier molecular flexibility index (Phi) is 15.9. The van der Waals surface area contributed by atoms with Crippen LogP contribution in [0.2, 0.25) is 20.1 Å². The van der Waals surface area contributed by atoms with Crippen LogP contribution in [0.25, 0.3) is 56.2 Å². The number of halogens is 4. The first kappa shape index (κ1) is 51.1. The standard InChI is InChI=1S/C52H48Cl4N6O8S/c1-59-17-11-33-23-31(3-7-39(33)59)37-25-41(49(55)47(53)35(37)5-9-43(63)61-19-13-29(14-20-61)51(69)57-27-45(65)66)71-42-26-38(32-4-8-40-34(24-32)12-18-60(40)2)36(48(54)50(42)56)6-10-44(64)62-21-15-30(16-22-62)52(70)58-28-46(67)68/h3-12,17-18,23-26,29-30H,13-16,19-22,27-28H2,1-2H3,(H,57,69)(H,58,70)(H,65,66)(H,67,68). The van der Waals surface area contributed by atoms with Gasteiger partial charge in [0.15, 0.2) is 0 Å². The number of hydrogen-bond donors (Lipinski definition) is 4. The third kappa shape index (κ3) is 11.5. The van der Waals surface area contributed by atoms with Gasteiger partial charge in [0.05, 0.1) is 20.1 Å². The molecule has 0 radical (unpaired) electrons. The molecule has 0 spiro atoms. The second-order valence-corrected chi connectivity index (χ2v) is 20.1. The molecule has 2 aromatic heterocycles. The summed E-state index contributed by atoms with van der Waals surface area (Å²) in [6.07, 6.45) is 11.7. The third-order valence-electron chi connectivity index (χ3n) is 13.0. The van der Waals surface area contributed by atoms with Crippen molar-refractivity contribution >= 4 is 128 Å². The number of fused-ring (bicyclic) bond motifs is 2. The molecule has 0 atom stereocenters. The molecule has 4 heterocycles. The zero-order chi connectivity index (χ0) is 50.7. The number of benzene rings is 4. The number of carbonyl (C=O) groups excluding carboxylic acids is 4. The van der Waals surface area contributed by atoms with E-state index < -0.39 is 36.9 Å². The lowest BCUT2D eigenvalue weighted by atomic mass is 9.95. The zero-order valence-electron chi connectivity index (χ0n) is 38.5. The Morgan fingerprint density at radius 3 is 1.32 bits per heavy atom. The van der Waals surface area contributed by atoms with Crippen molar-refractivity contribution < 1.29 is 39.0 Å². The van der Waals surface area contributed by atoms with Crippen molar-refractivity contribution in [2.45, 2.75) is 35.5 Å². The molecule has 4 aromatic carbocycles. The van der Waals surface area contributed by atoms with Crippen molar-refractivity contribution in [3.63, 3.8) is 0 Å². The highest BCUT2D eigenvalue weighted by atomic mass is 35.5. The van der Waals surface area contributed by atoms with Gasteiger partial charge in [-0.1, -0.05) is 70.3 Å². The number of amides is 4. The molecule has 2 aliphatic heterocycles. The number of carboxylic acid groups (broad SMARTS) is 2. The highest BCUT2D eigenvalue weighted by molar-refractivity contribution is 7.99. The van der Waals surface area contributed by atoms with Crippen molar-refractivity contribution in [3.8, 4) is 22.3 Å². The summed E-state index contributed by atoms with van der Waals surface area (Å²) in [7, 11) is 3.92. The van der Waals surface area contributed by atoms with Crippen molar-refractivity contribution in [1.82, 2.24) is 29.6 Å². The summed E-state index contributed by atoms with van der Waals surface area (Å²) in [6.45, 7) is 0.313. The quantitative estimate of drug-likeness (QED) is 0.0772. The third-order valence-corrected chi connectivity index (χ3v) is 16.1. The van der Waals surface area contributed by atoms with Crippen LogP contribution in [0, 0.1) is 11.8 Å². The van der Waals surface area contributed by atoms with E-state index in [2.05, 4.69) is 10.6 Å². The largest absolute Gasteiger partial charge is 0.480 e. The highest BCUT2D eigenvalue weighted by Crippen LogP contribution is 2.49. The summed E-state index contributed by atoms with van der Waals surface area (Å²) in [6, 6.07) is 19.8. The number of piperidine rings is 2. The molecular weight excluding hydrogens is 1010 g/mol. The van der Waals surface area contributed by atoms with Gasteiger partial charge in [-0.15, -0.1) is 0 Å². The van der Waals surface area contributed by atoms with Crippen LogP contribution < -0.4 is 10.6 Å². The topological polar surface area (TPSA) is 183 Å². The smallest absolute Gasteiger partial charge is 0.322 e. The monoisotopic (exact) mass is 1060 g/mol. The summed E-state index contributed by atoms with van der Waals surface area (Å²) < 4.78 is 4.03. The lowest BCUT2D eigenvalue weighted by Gasteiger charge is -2.30.